The summed E-state index contributed by atoms with van der Waals surface area (Å²) in [6.07, 6.45) is 3.96. The molecule has 0 aliphatic carbocycles. The van der Waals surface area contributed by atoms with E-state index in [0.717, 1.165) is 12.8 Å². The highest BCUT2D eigenvalue weighted by Crippen LogP contribution is 2.20. The first-order valence-corrected chi connectivity index (χ1v) is 9.63. The van der Waals surface area contributed by atoms with Gasteiger partial charge in [-0.25, -0.2) is 4.98 Å². The summed E-state index contributed by atoms with van der Waals surface area (Å²) in [5, 5.41) is 3.39. The van der Waals surface area contributed by atoms with Crippen molar-refractivity contribution in [1.29, 1.82) is 0 Å². The molecule has 0 radical (unpaired) electrons. The lowest BCUT2D eigenvalue weighted by Gasteiger charge is -2.18. The molecule has 3 rings (SSSR count). The lowest BCUT2D eigenvalue weighted by Crippen LogP contribution is -2.33. The summed E-state index contributed by atoms with van der Waals surface area (Å²) >= 11 is 0. The fourth-order valence-electron chi connectivity index (χ4n) is 3.04. The Kier molecular flexibility index (Phi) is 6.42. The summed E-state index contributed by atoms with van der Waals surface area (Å²) in [7, 11) is 0. The quantitative estimate of drug-likeness (QED) is 0.596. The number of hydrogen-bond acceptors (Lipinski definition) is 4. The van der Waals surface area contributed by atoms with E-state index >= 15 is 0 Å². The van der Waals surface area contributed by atoms with Crippen LogP contribution >= 0.6 is 0 Å². The van der Waals surface area contributed by atoms with Gasteiger partial charge in [0.2, 0.25) is 5.91 Å². The molecule has 1 aromatic heterocycles. The first kappa shape index (κ1) is 19.6. The minimum Gasteiger partial charge on any atom is -0.494 e. The summed E-state index contributed by atoms with van der Waals surface area (Å²) in [5.74, 6) is 0.455. The number of rotatable bonds is 8. The van der Waals surface area contributed by atoms with Gasteiger partial charge in [0.15, 0.2) is 0 Å². The maximum Gasteiger partial charge on any atom is 0.261 e. The molecule has 3 aromatic rings. The number of benzene rings is 2. The number of nitrogens with zero attached hydrogens (tertiary/aromatic N) is 2. The molecule has 0 aliphatic heterocycles. The second-order valence-electron chi connectivity index (χ2n) is 6.62. The van der Waals surface area contributed by atoms with E-state index in [0.29, 0.717) is 35.4 Å². The van der Waals surface area contributed by atoms with Crippen LogP contribution in [0.15, 0.2) is 59.7 Å². The fraction of sp³-hybridized carbons (Fsp3) is 0.318. The first-order chi connectivity index (χ1) is 13.6. The van der Waals surface area contributed by atoms with Crippen LogP contribution in [0.5, 0.6) is 5.75 Å². The zero-order chi connectivity index (χ0) is 19.9. The Morgan fingerprint density at radius 2 is 2.00 bits per heavy atom. The maximum atomic E-state index is 12.9. The second-order valence-corrected chi connectivity index (χ2v) is 6.62. The van der Waals surface area contributed by atoms with Crippen LogP contribution in [0.1, 0.15) is 39.2 Å². The number of ether oxygens (including phenoxy) is 1. The molecule has 0 fully saturated rings. The summed E-state index contributed by atoms with van der Waals surface area (Å²) < 4.78 is 7.09. The molecule has 0 spiro atoms. The number of carbonyl (C=O) groups is 1. The van der Waals surface area contributed by atoms with Gasteiger partial charge in [-0.15, -0.1) is 0 Å². The zero-order valence-electron chi connectivity index (χ0n) is 16.2. The molecular formula is C22H25N3O3. The van der Waals surface area contributed by atoms with Gasteiger partial charge in [-0.2, -0.15) is 0 Å². The highest BCUT2D eigenvalue weighted by molar-refractivity contribution is 5.94. The molecule has 0 aliphatic rings. The molecule has 0 saturated carbocycles. The van der Waals surface area contributed by atoms with E-state index in [1.807, 2.05) is 25.1 Å². The number of nitrogens with one attached hydrogen (secondary N) is 1. The Morgan fingerprint density at radius 1 is 1.18 bits per heavy atom. The summed E-state index contributed by atoms with van der Waals surface area (Å²) in [4.78, 5) is 30.0. The number of unbranched alkanes of at least 4 members (excludes halogenated alkanes) is 1. The molecule has 0 bridgehead atoms. The Labute approximate surface area is 164 Å². The normalized spacial score (nSPS) is 11.9. The molecular weight excluding hydrogens is 354 g/mol. The molecule has 1 N–H and O–H groups in total. The molecule has 1 heterocycles. The third-order valence-electron chi connectivity index (χ3n) is 4.58. The van der Waals surface area contributed by atoms with Crippen molar-refractivity contribution in [2.75, 3.05) is 11.9 Å². The van der Waals surface area contributed by atoms with Crippen LogP contribution in [0.4, 0.5) is 5.69 Å². The monoisotopic (exact) mass is 379 g/mol. The topological polar surface area (TPSA) is 73.2 Å². The Balaban J connectivity index is 1.80. The van der Waals surface area contributed by atoms with Crippen LogP contribution in [0, 0.1) is 0 Å². The van der Waals surface area contributed by atoms with Crippen LogP contribution in [0.3, 0.4) is 0 Å². The van der Waals surface area contributed by atoms with Crippen molar-refractivity contribution in [1.82, 2.24) is 9.55 Å². The van der Waals surface area contributed by atoms with Crippen molar-refractivity contribution in [2.24, 2.45) is 0 Å². The van der Waals surface area contributed by atoms with Crippen LogP contribution < -0.4 is 15.6 Å². The zero-order valence-corrected chi connectivity index (χ0v) is 16.2. The van der Waals surface area contributed by atoms with Crippen LogP contribution in [0.2, 0.25) is 0 Å². The third kappa shape index (κ3) is 4.39. The Hall–Kier alpha value is -3.15. The third-order valence-corrected chi connectivity index (χ3v) is 4.58. The Bertz CT molecular complexity index is 1010. The fourth-order valence-corrected chi connectivity index (χ4v) is 3.04. The van der Waals surface area contributed by atoms with Crippen molar-refractivity contribution >= 4 is 22.5 Å². The molecule has 2 aromatic carbocycles. The predicted molar refractivity (Wildman–Crippen MR) is 111 cm³/mol. The van der Waals surface area contributed by atoms with Crippen molar-refractivity contribution in [3.63, 3.8) is 0 Å². The molecule has 0 saturated heterocycles. The summed E-state index contributed by atoms with van der Waals surface area (Å²) in [6, 6.07) is 13.8. The summed E-state index contributed by atoms with van der Waals surface area (Å²) in [5.41, 5.74) is 1.04. The van der Waals surface area contributed by atoms with Crippen LogP contribution in [-0.2, 0) is 4.79 Å². The number of fused-ring (bicyclic) bond motifs is 1. The maximum absolute atomic E-state index is 12.9. The molecule has 1 unspecified atom stereocenters. The van der Waals surface area contributed by atoms with Gasteiger partial charge in [0.1, 0.15) is 11.8 Å². The predicted octanol–water partition coefficient (Wildman–Crippen LogP) is 4.17. The SMILES string of the molecule is CCCCOc1cccc(NC(=O)C(CC)n2cnc3ccccc3c2=O)c1. The van der Waals surface area contributed by atoms with Gasteiger partial charge in [0, 0.05) is 11.8 Å². The minimum atomic E-state index is -0.644. The van der Waals surface area contributed by atoms with E-state index in [1.54, 1.807) is 30.3 Å². The van der Waals surface area contributed by atoms with Crippen molar-refractivity contribution in [3.05, 3.63) is 65.2 Å². The van der Waals surface area contributed by atoms with E-state index in [2.05, 4.69) is 17.2 Å². The van der Waals surface area contributed by atoms with E-state index < -0.39 is 6.04 Å². The number of para-hydroxylation sites is 1. The van der Waals surface area contributed by atoms with E-state index in [9.17, 15) is 9.59 Å². The van der Waals surface area contributed by atoms with E-state index in [1.165, 1.54) is 10.9 Å². The van der Waals surface area contributed by atoms with Gasteiger partial charge >= 0.3 is 0 Å². The smallest absolute Gasteiger partial charge is 0.261 e. The molecule has 1 amide bonds. The van der Waals surface area contributed by atoms with Crippen molar-refractivity contribution in [3.8, 4) is 5.75 Å². The average molecular weight is 379 g/mol. The van der Waals surface area contributed by atoms with Crippen LogP contribution in [-0.4, -0.2) is 22.1 Å². The molecule has 6 heteroatoms. The van der Waals surface area contributed by atoms with Gasteiger partial charge < -0.3 is 10.1 Å². The number of anilines is 1. The highest BCUT2D eigenvalue weighted by Gasteiger charge is 2.21. The second kappa shape index (κ2) is 9.17. The number of hydrogen-bond donors (Lipinski definition) is 1. The van der Waals surface area contributed by atoms with Gasteiger partial charge in [-0.1, -0.05) is 38.5 Å². The van der Waals surface area contributed by atoms with Gasteiger partial charge in [0.25, 0.3) is 5.56 Å². The lowest BCUT2D eigenvalue weighted by atomic mass is 10.1. The van der Waals surface area contributed by atoms with Gasteiger partial charge in [-0.3, -0.25) is 14.2 Å². The van der Waals surface area contributed by atoms with E-state index in [-0.39, 0.29) is 11.5 Å². The minimum absolute atomic E-state index is 0.218. The van der Waals surface area contributed by atoms with Gasteiger partial charge in [-0.05, 0) is 37.1 Å². The molecule has 1 atom stereocenters. The standard InChI is InChI=1S/C22H25N3O3/c1-3-5-13-28-17-10-8-9-16(14-17)24-21(26)20(4-2)25-15-23-19-12-7-6-11-18(19)22(25)27/h6-12,14-15,20H,3-5,13H2,1-2H3,(H,24,26). The Morgan fingerprint density at radius 3 is 2.79 bits per heavy atom. The molecule has 28 heavy (non-hydrogen) atoms. The molecule has 146 valence electrons. The number of aromatic nitrogens is 2. The summed E-state index contributed by atoms with van der Waals surface area (Å²) in [6.45, 7) is 4.62. The largest absolute Gasteiger partial charge is 0.494 e. The van der Waals surface area contributed by atoms with Crippen LogP contribution in [0.25, 0.3) is 10.9 Å². The van der Waals surface area contributed by atoms with E-state index in [4.69, 9.17) is 4.74 Å². The van der Waals surface area contributed by atoms with Gasteiger partial charge in [0.05, 0.1) is 23.8 Å². The number of amides is 1. The molecule has 6 nitrogen and oxygen atoms in total. The lowest BCUT2D eigenvalue weighted by molar-refractivity contribution is -0.119. The number of carbonyl (C=O) groups excluding carboxylic acids is 1. The van der Waals surface area contributed by atoms with Crippen molar-refractivity contribution in [2.45, 2.75) is 39.2 Å². The van der Waals surface area contributed by atoms with Crippen molar-refractivity contribution < 1.29 is 9.53 Å². The average Bonchev–Trinajstić information content (AvgIpc) is 2.71. The first-order valence-electron chi connectivity index (χ1n) is 9.63. The highest BCUT2D eigenvalue weighted by atomic mass is 16.5.